The van der Waals surface area contributed by atoms with Crippen molar-refractivity contribution in [3.63, 3.8) is 0 Å². The summed E-state index contributed by atoms with van der Waals surface area (Å²) in [5, 5.41) is 3.98. The smallest absolute Gasteiger partial charge is 0.368 e. The van der Waals surface area contributed by atoms with Crippen LogP contribution in [-0.2, 0) is 0 Å². The van der Waals surface area contributed by atoms with E-state index in [1.807, 2.05) is 24.3 Å². The first-order valence-corrected chi connectivity index (χ1v) is 5.56. The monoisotopic (exact) mass is 230 g/mol. The van der Waals surface area contributed by atoms with Crippen molar-refractivity contribution in [2.24, 2.45) is 5.10 Å². The van der Waals surface area contributed by atoms with E-state index in [4.69, 9.17) is 4.74 Å². The van der Waals surface area contributed by atoms with Crippen molar-refractivity contribution in [1.29, 1.82) is 0 Å². The van der Waals surface area contributed by atoms with E-state index < -0.39 is 0 Å². The van der Waals surface area contributed by atoms with Crippen LogP contribution in [0, 0.1) is 0 Å². The van der Waals surface area contributed by atoms with Crippen LogP contribution in [0.3, 0.4) is 0 Å². The van der Waals surface area contributed by atoms with Crippen molar-refractivity contribution in [3.05, 3.63) is 29.8 Å². The topological polar surface area (TPSA) is 56.0 Å². The van der Waals surface area contributed by atoms with Gasteiger partial charge in [0, 0.05) is 6.04 Å². The largest absolute Gasteiger partial charge is 0.496 e. The maximum atomic E-state index is 11.6. The Kier molecular flexibility index (Phi) is 2.24. The number of benzene rings is 1. The number of hydrogen-bond donors (Lipinski definition) is 0. The highest BCUT2D eigenvalue weighted by atomic mass is 16.5. The van der Waals surface area contributed by atoms with Gasteiger partial charge in [-0.25, -0.2) is 4.79 Å². The van der Waals surface area contributed by atoms with E-state index in [0.717, 1.165) is 18.4 Å². The summed E-state index contributed by atoms with van der Waals surface area (Å²) < 4.78 is 5.28. The quantitative estimate of drug-likeness (QED) is 0.791. The number of hydrogen-bond acceptors (Lipinski definition) is 3. The maximum absolute atomic E-state index is 11.6. The summed E-state index contributed by atoms with van der Waals surface area (Å²) in [5.74, 6) is 1.32. The predicted molar refractivity (Wildman–Crippen MR) is 61.9 cm³/mol. The Morgan fingerprint density at radius 3 is 2.82 bits per heavy atom. The van der Waals surface area contributed by atoms with E-state index in [-0.39, 0.29) is 12.1 Å². The van der Waals surface area contributed by atoms with Gasteiger partial charge < -0.3 is 4.74 Å². The second-order valence-electron chi connectivity index (χ2n) is 4.11. The Morgan fingerprint density at radius 1 is 1.35 bits per heavy atom. The molecule has 0 bridgehead atoms. The van der Waals surface area contributed by atoms with Gasteiger partial charge in [0.15, 0.2) is 5.84 Å². The van der Waals surface area contributed by atoms with Crippen molar-refractivity contribution in [3.8, 4) is 5.75 Å². The van der Waals surface area contributed by atoms with Gasteiger partial charge in [-0.05, 0) is 25.0 Å². The molecular formula is C12H12N3O2. The number of methoxy groups -OCH3 is 1. The third kappa shape index (κ3) is 1.63. The zero-order valence-corrected chi connectivity index (χ0v) is 9.46. The fourth-order valence-corrected chi connectivity index (χ4v) is 1.95. The molecule has 1 aromatic carbocycles. The Labute approximate surface area is 99.1 Å². The molecule has 0 atom stereocenters. The summed E-state index contributed by atoms with van der Waals surface area (Å²) in [7, 11) is 1.61. The van der Waals surface area contributed by atoms with Crippen molar-refractivity contribution in [1.82, 2.24) is 10.3 Å². The predicted octanol–water partition coefficient (Wildman–Crippen LogP) is 1.56. The second-order valence-corrected chi connectivity index (χ2v) is 4.11. The fraction of sp³-hybridized carbons (Fsp3) is 0.333. The Bertz CT molecular complexity index is 494. The summed E-state index contributed by atoms with van der Waals surface area (Å²) >= 11 is 0. The summed E-state index contributed by atoms with van der Waals surface area (Å²) in [6.45, 7) is 0. The van der Waals surface area contributed by atoms with Crippen LogP contribution in [-0.4, -0.2) is 29.9 Å². The molecule has 2 amide bonds. The molecule has 3 rings (SSSR count). The first-order chi connectivity index (χ1) is 8.31. The van der Waals surface area contributed by atoms with Gasteiger partial charge in [-0.1, -0.05) is 17.6 Å². The van der Waals surface area contributed by atoms with Gasteiger partial charge in [0.25, 0.3) is 0 Å². The molecule has 0 spiro atoms. The van der Waals surface area contributed by atoms with Crippen LogP contribution in [0.2, 0.25) is 0 Å². The normalized spacial score (nSPS) is 19.0. The van der Waals surface area contributed by atoms with Gasteiger partial charge in [0.2, 0.25) is 0 Å². The zero-order valence-electron chi connectivity index (χ0n) is 9.46. The third-order valence-corrected chi connectivity index (χ3v) is 2.92. The lowest BCUT2D eigenvalue weighted by atomic mass is 10.1. The lowest BCUT2D eigenvalue weighted by Crippen LogP contribution is -2.35. The zero-order chi connectivity index (χ0) is 11.8. The average molecular weight is 230 g/mol. The molecule has 0 saturated heterocycles. The van der Waals surface area contributed by atoms with Gasteiger partial charge in [-0.3, -0.25) is 4.90 Å². The van der Waals surface area contributed by atoms with Crippen LogP contribution >= 0.6 is 0 Å². The molecule has 0 aromatic heterocycles. The average Bonchev–Trinajstić information content (AvgIpc) is 3.12. The van der Waals surface area contributed by atoms with E-state index >= 15 is 0 Å². The fourth-order valence-electron chi connectivity index (χ4n) is 1.95. The second kappa shape index (κ2) is 3.76. The van der Waals surface area contributed by atoms with Crippen molar-refractivity contribution < 1.29 is 9.53 Å². The molecule has 2 aliphatic rings. The SMILES string of the molecule is COc1ccccc1C1=N[N]C(=O)N1C1CC1. The highest BCUT2D eigenvalue weighted by Gasteiger charge is 2.41. The minimum Gasteiger partial charge on any atom is -0.496 e. The minimum atomic E-state index is -0.270. The van der Waals surface area contributed by atoms with Gasteiger partial charge in [0.05, 0.1) is 12.7 Å². The van der Waals surface area contributed by atoms with Crippen LogP contribution in [0.1, 0.15) is 18.4 Å². The Morgan fingerprint density at radius 2 is 2.12 bits per heavy atom. The Balaban J connectivity index is 2.00. The number of para-hydroxylation sites is 1. The van der Waals surface area contributed by atoms with Gasteiger partial charge in [-0.15, -0.1) is 5.10 Å². The van der Waals surface area contributed by atoms with E-state index in [9.17, 15) is 4.79 Å². The minimum absolute atomic E-state index is 0.261. The summed E-state index contributed by atoms with van der Waals surface area (Å²) in [4.78, 5) is 13.3. The molecule has 1 radical (unpaired) electrons. The van der Waals surface area contributed by atoms with Crippen molar-refractivity contribution >= 4 is 11.9 Å². The summed E-state index contributed by atoms with van der Waals surface area (Å²) in [6.07, 6.45) is 2.05. The number of rotatable bonds is 3. The number of carbonyl (C=O) groups is 1. The van der Waals surface area contributed by atoms with Crippen molar-refractivity contribution in [2.45, 2.75) is 18.9 Å². The van der Waals surface area contributed by atoms with E-state index in [0.29, 0.717) is 11.6 Å². The molecule has 0 unspecified atom stereocenters. The van der Waals surface area contributed by atoms with Gasteiger partial charge >= 0.3 is 6.03 Å². The van der Waals surface area contributed by atoms with Crippen LogP contribution in [0.4, 0.5) is 4.79 Å². The van der Waals surface area contributed by atoms with Crippen molar-refractivity contribution in [2.75, 3.05) is 7.11 Å². The summed E-state index contributed by atoms with van der Waals surface area (Å²) in [6, 6.07) is 7.52. The number of amides is 2. The third-order valence-electron chi connectivity index (χ3n) is 2.92. The first kappa shape index (κ1) is 10.1. The molecule has 5 nitrogen and oxygen atoms in total. The first-order valence-electron chi connectivity index (χ1n) is 5.56. The standard InChI is InChI=1S/C12H12N3O2/c1-17-10-5-3-2-4-9(10)11-13-14-12(16)15(11)8-6-7-8/h2-5,8H,6-7H2,1H3. The molecule has 5 heteroatoms. The van der Waals surface area contributed by atoms with E-state index in [1.54, 1.807) is 12.0 Å². The van der Waals surface area contributed by atoms with Crippen LogP contribution in [0.15, 0.2) is 29.4 Å². The maximum Gasteiger partial charge on any atom is 0.368 e. The molecule has 1 saturated carbocycles. The molecular weight excluding hydrogens is 218 g/mol. The van der Waals surface area contributed by atoms with E-state index in [1.165, 1.54) is 0 Å². The van der Waals surface area contributed by atoms with Crippen LogP contribution in [0.25, 0.3) is 0 Å². The highest BCUT2D eigenvalue weighted by molar-refractivity contribution is 6.12. The number of urea groups is 1. The highest BCUT2D eigenvalue weighted by Crippen LogP contribution is 2.32. The number of ether oxygens (including phenoxy) is 1. The van der Waals surface area contributed by atoms with E-state index in [2.05, 4.69) is 10.5 Å². The molecule has 1 aliphatic heterocycles. The molecule has 1 aromatic rings. The number of nitrogens with zero attached hydrogens (tertiary/aromatic N) is 3. The van der Waals surface area contributed by atoms with Gasteiger partial charge in [0.1, 0.15) is 5.75 Å². The number of carbonyl (C=O) groups excluding carboxylic acids is 1. The van der Waals surface area contributed by atoms with Crippen LogP contribution < -0.4 is 10.2 Å². The van der Waals surface area contributed by atoms with Crippen LogP contribution in [0.5, 0.6) is 5.75 Å². The Hall–Kier alpha value is -2.04. The lowest BCUT2D eigenvalue weighted by molar-refractivity contribution is 0.224. The molecule has 1 fully saturated rings. The molecule has 1 heterocycles. The molecule has 1 aliphatic carbocycles. The lowest BCUT2D eigenvalue weighted by Gasteiger charge is -2.17. The molecule has 17 heavy (non-hydrogen) atoms. The summed E-state index contributed by atoms with van der Waals surface area (Å²) in [5.41, 5.74) is 4.45. The molecule has 87 valence electrons. The molecule has 0 N–H and O–H groups in total. The number of amidine groups is 1. The van der Waals surface area contributed by atoms with Gasteiger partial charge in [-0.2, -0.15) is 0 Å².